The largest absolute Gasteiger partial charge is 0.324 e. The summed E-state index contributed by atoms with van der Waals surface area (Å²) < 4.78 is 39.9. The molecule has 1 saturated heterocycles. The number of piperidine rings is 1. The van der Waals surface area contributed by atoms with Crippen molar-refractivity contribution in [2.75, 3.05) is 20.1 Å². The molecule has 0 amide bonds. The fourth-order valence-electron chi connectivity index (χ4n) is 2.42. The van der Waals surface area contributed by atoms with Crippen LogP contribution in [0.4, 0.5) is 10.1 Å². The molecule has 22 heavy (non-hydrogen) atoms. The summed E-state index contributed by atoms with van der Waals surface area (Å²) in [6.07, 6.45) is 1.47. The van der Waals surface area contributed by atoms with E-state index in [2.05, 4.69) is 5.32 Å². The van der Waals surface area contributed by atoms with Crippen molar-refractivity contribution in [2.45, 2.75) is 23.8 Å². The van der Waals surface area contributed by atoms with Crippen molar-refractivity contribution in [1.82, 2.24) is 9.62 Å². The molecule has 1 atom stereocenters. The van der Waals surface area contributed by atoms with Gasteiger partial charge in [-0.05, 0) is 32.0 Å². The third-order valence-corrected chi connectivity index (χ3v) is 5.44. The lowest BCUT2D eigenvalue weighted by atomic mass is 10.1. The monoisotopic (exact) mass is 353 g/mol. The van der Waals surface area contributed by atoms with Gasteiger partial charge in [-0.3, -0.25) is 10.1 Å². The van der Waals surface area contributed by atoms with Gasteiger partial charge in [-0.2, -0.15) is 8.70 Å². The molecule has 1 aromatic rings. The Labute approximate surface area is 134 Å². The van der Waals surface area contributed by atoms with E-state index in [0.29, 0.717) is 6.42 Å². The SMILES string of the molecule is CNC1CCCN(S(=O)(=O)c2cccc(F)c2[N+](=O)[O-])C1.Cl. The van der Waals surface area contributed by atoms with E-state index in [0.717, 1.165) is 24.6 Å². The van der Waals surface area contributed by atoms with E-state index in [4.69, 9.17) is 0 Å². The van der Waals surface area contributed by atoms with Crippen LogP contribution in [0, 0.1) is 15.9 Å². The highest BCUT2D eigenvalue weighted by Gasteiger charge is 2.36. The van der Waals surface area contributed by atoms with Gasteiger partial charge >= 0.3 is 5.69 Å². The smallest absolute Gasteiger partial charge is 0.316 e. The van der Waals surface area contributed by atoms with Crippen LogP contribution in [0.3, 0.4) is 0 Å². The number of para-hydroxylation sites is 1. The molecule has 0 aliphatic carbocycles. The second kappa shape index (κ2) is 7.32. The third-order valence-electron chi connectivity index (χ3n) is 3.54. The number of likely N-dealkylation sites (N-methyl/N-ethyl adjacent to an activating group) is 1. The Balaban J connectivity index is 0.00000242. The summed E-state index contributed by atoms with van der Waals surface area (Å²) in [7, 11) is -2.36. The molecular weight excluding hydrogens is 337 g/mol. The minimum absolute atomic E-state index is 0. The predicted octanol–water partition coefficient (Wildman–Crippen LogP) is 1.53. The van der Waals surface area contributed by atoms with Crippen LogP contribution >= 0.6 is 12.4 Å². The Morgan fingerprint density at radius 2 is 2.14 bits per heavy atom. The van der Waals surface area contributed by atoms with Crippen LogP contribution in [0.25, 0.3) is 0 Å². The lowest BCUT2D eigenvalue weighted by molar-refractivity contribution is -0.390. The number of sulfonamides is 1. The van der Waals surface area contributed by atoms with Crippen molar-refractivity contribution in [3.8, 4) is 0 Å². The number of hydrogen-bond acceptors (Lipinski definition) is 5. The van der Waals surface area contributed by atoms with Gasteiger partial charge in [0.05, 0.1) is 4.92 Å². The van der Waals surface area contributed by atoms with Crippen LogP contribution in [0.1, 0.15) is 12.8 Å². The molecule has 10 heteroatoms. The van der Waals surface area contributed by atoms with E-state index in [1.54, 1.807) is 7.05 Å². The summed E-state index contributed by atoms with van der Waals surface area (Å²) in [6.45, 7) is 0.487. The molecule has 1 aliphatic rings. The lowest BCUT2D eigenvalue weighted by Crippen LogP contribution is -2.46. The Morgan fingerprint density at radius 3 is 2.73 bits per heavy atom. The second-order valence-corrected chi connectivity index (χ2v) is 6.74. The zero-order valence-corrected chi connectivity index (χ0v) is 13.5. The summed E-state index contributed by atoms with van der Waals surface area (Å²) in [4.78, 5) is 9.37. The van der Waals surface area contributed by atoms with Gasteiger partial charge < -0.3 is 5.32 Å². The molecule has 2 rings (SSSR count). The minimum Gasteiger partial charge on any atom is -0.316 e. The topological polar surface area (TPSA) is 92.6 Å². The van der Waals surface area contributed by atoms with E-state index in [9.17, 15) is 22.9 Å². The van der Waals surface area contributed by atoms with Crippen molar-refractivity contribution >= 4 is 28.1 Å². The molecule has 1 heterocycles. The van der Waals surface area contributed by atoms with Gasteiger partial charge in [0.1, 0.15) is 0 Å². The summed E-state index contributed by atoms with van der Waals surface area (Å²) in [6, 6.07) is 3.10. The van der Waals surface area contributed by atoms with E-state index >= 15 is 0 Å². The maximum absolute atomic E-state index is 13.6. The van der Waals surface area contributed by atoms with Crippen LogP contribution < -0.4 is 5.32 Å². The maximum atomic E-state index is 13.6. The molecule has 1 aliphatic heterocycles. The highest BCUT2D eigenvalue weighted by atomic mass is 35.5. The molecule has 0 saturated carbocycles. The zero-order chi connectivity index (χ0) is 15.6. The quantitative estimate of drug-likeness (QED) is 0.654. The molecule has 1 fully saturated rings. The van der Waals surface area contributed by atoms with E-state index in [-0.39, 0.29) is 31.5 Å². The zero-order valence-electron chi connectivity index (χ0n) is 11.9. The first-order valence-corrected chi connectivity index (χ1v) is 7.92. The van der Waals surface area contributed by atoms with Gasteiger partial charge in [0, 0.05) is 19.1 Å². The van der Waals surface area contributed by atoms with Crippen LogP contribution in [0.5, 0.6) is 0 Å². The maximum Gasteiger partial charge on any atom is 0.324 e. The molecule has 7 nitrogen and oxygen atoms in total. The number of hydrogen-bond donors (Lipinski definition) is 1. The average molecular weight is 354 g/mol. The Hall–Kier alpha value is -1.29. The van der Waals surface area contributed by atoms with Crippen LogP contribution in [-0.2, 0) is 10.0 Å². The molecular formula is C12H17ClFN3O4S. The van der Waals surface area contributed by atoms with Crippen molar-refractivity contribution in [1.29, 1.82) is 0 Å². The number of nitrogens with zero attached hydrogens (tertiary/aromatic N) is 2. The molecule has 1 unspecified atom stereocenters. The fourth-order valence-corrected chi connectivity index (χ4v) is 4.11. The highest BCUT2D eigenvalue weighted by molar-refractivity contribution is 7.89. The molecule has 1 aromatic carbocycles. The number of benzene rings is 1. The van der Waals surface area contributed by atoms with Crippen molar-refractivity contribution in [3.05, 3.63) is 34.1 Å². The van der Waals surface area contributed by atoms with Crippen molar-refractivity contribution in [3.63, 3.8) is 0 Å². The number of halogens is 2. The number of nitro benzene ring substituents is 1. The van der Waals surface area contributed by atoms with Crippen LogP contribution in [-0.4, -0.2) is 43.8 Å². The second-order valence-electron chi connectivity index (χ2n) is 4.83. The van der Waals surface area contributed by atoms with Gasteiger partial charge in [0.2, 0.25) is 15.8 Å². The highest BCUT2D eigenvalue weighted by Crippen LogP contribution is 2.30. The van der Waals surface area contributed by atoms with Gasteiger partial charge in [0.25, 0.3) is 0 Å². The molecule has 124 valence electrons. The number of rotatable bonds is 4. The van der Waals surface area contributed by atoms with E-state index in [1.807, 2.05) is 0 Å². The molecule has 0 radical (unpaired) electrons. The Kier molecular flexibility index (Phi) is 6.24. The lowest BCUT2D eigenvalue weighted by Gasteiger charge is -2.31. The Bertz CT molecular complexity index is 656. The standard InChI is InChI=1S/C12H16FN3O4S.ClH/c1-14-9-4-3-7-15(8-9)21(19,20)11-6-2-5-10(13)12(11)16(17)18;/h2,5-6,9,14H,3-4,7-8H2,1H3;1H. The van der Waals surface area contributed by atoms with E-state index < -0.39 is 31.3 Å². The van der Waals surface area contributed by atoms with Crippen molar-refractivity contribution in [2.24, 2.45) is 0 Å². The van der Waals surface area contributed by atoms with Gasteiger partial charge in [-0.25, -0.2) is 8.42 Å². The first-order valence-electron chi connectivity index (χ1n) is 6.48. The number of nitrogens with one attached hydrogen (secondary N) is 1. The van der Waals surface area contributed by atoms with Gasteiger partial charge in [-0.1, -0.05) is 6.07 Å². The van der Waals surface area contributed by atoms with Crippen LogP contribution in [0.2, 0.25) is 0 Å². The van der Waals surface area contributed by atoms with Crippen molar-refractivity contribution < 1.29 is 17.7 Å². The molecule has 0 bridgehead atoms. The van der Waals surface area contributed by atoms with Gasteiger partial charge in [-0.15, -0.1) is 12.4 Å². The van der Waals surface area contributed by atoms with Crippen LogP contribution in [0.15, 0.2) is 23.1 Å². The summed E-state index contributed by atoms with van der Waals surface area (Å²) >= 11 is 0. The number of nitro groups is 1. The van der Waals surface area contributed by atoms with E-state index in [1.165, 1.54) is 4.31 Å². The first-order chi connectivity index (χ1) is 9.87. The molecule has 0 aromatic heterocycles. The minimum atomic E-state index is -4.09. The normalized spacial score (nSPS) is 19.5. The summed E-state index contributed by atoms with van der Waals surface area (Å²) in [5.41, 5.74) is -0.996. The fraction of sp³-hybridized carbons (Fsp3) is 0.500. The average Bonchev–Trinajstić information content (AvgIpc) is 2.46. The predicted molar refractivity (Wildman–Crippen MR) is 81.1 cm³/mol. The molecule has 1 N–H and O–H groups in total. The third kappa shape index (κ3) is 3.54. The summed E-state index contributed by atoms with van der Waals surface area (Å²) in [5, 5.41) is 14.0. The van der Waals surface area contributed by atoms with Gasteiger partial charge in [0.15, 0.2) is 4.90 Å². The Morgan fingerprint density at radius 1 is 1.45 bits per heavy atom. The summed E-state index contributed by atoms with van der Waals surface area (Å²) in [5.74, 6) is -1.15. The molecule has 0 spiro atoms. The first kappa shape index (κ1) is 18.8.